The second-order valence-electron chi connectivity index (χ2n) is 8.17. The van der Waals surface area contributed by atoms with Gasteiger partial charge in [0.25, 0.3) is 0 Å². The van der Waals surface area contributed by atoms with Gasteiger partial charge in [0, 0.05) is 11.1 Å². The van der Waals surface area contributed by atoms with E-state index in [-0.39, 0.29) is 6.61 Å². The molecule has 0 amide bonds. The highest BCUT2D eigenvalue weighted by Crippen LogP contribution is 2.29. The van der Waals surface area contributed by atoms with Gasteiger partial charge < -0.3 is 18.9 Å². The van der Waals surface area contributed by atoms with Crippen molar-refractivity contribution in [2.45, 2.75) is 13.2 Å². The number of carbonyl (C=O) groups is 2. The van der Waals surface area contributed by atoms with E-state index in [9.17, 15) is 9.59 Å². The number of rotatable bonds is 10. The number of hydrogen-bond acceptors (Lipinski definition) is 6. The molecular formula is C31H25ClO6. The summed E-state index contributed by atoms with van der Waals surface area (Å²) in [5.41, 5.74) is 2.96. The summed E-state index contributed by atoms with van der Waals surface area (Å²) in [4.78, 5) is 24.6. The number of esters is 2. The predicted octanol–water partition coefficient (Wildman–Crippen LogP) is 6.90. The molecule has 38 heavy (non-hydrogen) atoms. The first kappa shape index (κ1) is 26.5. The molecule has 4 aromatic rings. The zero-order chi connectivity index (χ0) is 26.7. The lowest BCUT2D eigenvalue weighted by molar-refractivity contribution is -0.128. The van der Waals surface area contributed by atoms with E-state index in [0.717, 1.165) is 16.7 Å². The third kappa shape index (κ3) is 7.72. The second-order valence-corrected chi connectivity index (χ2v) is 8.60. The molecule has 0 saturated heterocycles. The molecule has 0 aliphatic carbocycles. The molecule has 0 spiro atoms. The minimum absolute atomic E-state index is 0.182. The Kier molecular flexibility index (Phi) is 9.16. The van der Waals surface area contributed by atoms with E-state index >= 15 is 0 Å². The summed E-state index contributed by atoms with van der Waals surface area (Å²) in [5, 5.41) is 0.664. The SMILES string of the molecule is COc1cc(/C=C/C(=O)Oc2ccc(C(=O)OCc3ccccc3)cc2)ccc1OCc1ccc(Cl)cc1. The Hall–Kier alpha value is -4.55. The first-order chi connectivity index (χ1) is 18.5. The number of carbonyl (C=O) groups excluding carboxylic acids is 2. The van der Waals surface area contributed by atoms with Crippen LogP contribution in [-0.2, 0) is 22.7 Å². The first-order valence-corrected chi connectivity index (χ1v) is 12.1. The molecule has 7 heteroatoms. The standard InChI is InChI=1S/C31H25ClO6/c1-35-29-19-22(9-17-28(29)36-20-24-7-13-26(32)14-8-24)10-18-30(33)38-27-15-11-25(12-16-27)31(34)37-21-23-5-3-2-4-6-23/h2-19H,20-21H2,1H3/b18-10+. The van der Waals surface area contributed by atoms with E-state index < -0.39 is 11.9 Å². The zero-order valence-electron chi connectivity index (χ0n) is 20.6. The molecule has 0 fully saturated rings. The molecule has 0 N–H and O–H groups in total. The van der Waals surface area contributed by atoms with Crippen LogP contribution in [0.1, 0.15) is 27.0 Å². The predicted molar refractivity (Wildman–Crippen MR) is 145 cm³/mol. The first-order valence-electron chi connectivity index (χ1n) is 11.8. The zero-order valence-corrected chi connectivity index (χ0v) is 21.4. The van der Waals surface area contributed by atoms with Crippen LogP contribution in [0.15, 0.2) is 103 Å². The number of benzene rings is 4. The maximum absolute atomic E-state index is 12.3. The summed E-state index contributed by atoms with van der Waals surface area (Å²) in [7, 11) is 1.55. The van der Waals surface area contributed by atoms with E-state index in [1.165, 1.54) is 6.08 Å². The van der Waals surface area contributed by atoms with Crippen LogP contribution in [0.3, 0.4) is 0 Å². The number of halogens is 1. The van der Waals surface area contributed by atoms with Gasteiger partial charge >= 0.3 is 11.9 Å². The Morgan fingerprint density at radius 1 is 0.789 bits per heavy atom. The van der Waals surface area contributed by atoms with E-state index in [0.29, 0.717) is 34.4 Å². The normalized spacial score (nSPS) is 10.7. The van der Waals surface area contributed by atoms with Crippen LogP contribution in [-0.4, -0.2) is 19.0 Å². The van der Waals surface area contributed by atoms with Crippen LogP contribution in [0.25, 0.3) is 6.08 Å². The second kappa shape index (κ2) is 13.1. The maximum atomic E-state index is 12.3. The van der Waals surface area contributed by atoms with Gasteiger partial charge in [0.05, 0.1) is 12.7 Å². The van der Waals surface area contributed by atoms with E-state index in [4.69, 9.17) is 30.5 Å². The molecule has 0 aliphatic heterocycles. The number of hydrogen-bond donors (Lipinski definition) is 0. The Morgan fingerprint density at radius 2 is 1.50 bits per heavy atom. The van der Waals surface area contributed by atoms with Crippen molar-refractivity contribution in [3.8, 4) is 17.2 Å². The summed E-state index contributed by atoms with van der Waals surface area (Å²) in [5.74, 6) is 0.393. The molecule has 0 bridgehead atoms. The van der Waals surface area contributed by atoms with Gasteiger partial charge in [-0.05, 0) is 71.3 Å². The molecular weight excluding hydrogens is 504 g/mol. The Bertz CT molecular complexity index is 1400. The monoisotopic (exact) mass is 528 g/mol. The van der Waals surface area contributed by atoms with Crippen molar-refractivity contribution in [1.82, 2.24) is 0 Å². The highest BCUT2D eigenvalue weighted by Gasteiger charge is 2.09. The number of methoxy groups -OCH3 is 1. The van der Waals surface area contributed by atoms with Gasteiger partial charge in [-0.25, -0.2) is 9.59 Å². The molecule has 4 aromatic carbocycles. The Balaban J connectivity index is 1.29. The fourth-order valence-corrected chi connectivity index (χ4v) is 3.55. The fourth-order valence-electron chi connectivity index (χ4n) is 3.43. The van der Waals surface area contributed by atoms with Gasteiger partial charge in [-0.2, -0.15) is 0 Å². The van der Waals surface area contributed by atoms with Crippen molar-refractivity contribution in [3.05, 3.63) is 130 Å². The van der Waals surface area contributed by atoms with Crippen molar-refractivity contribution in [3.63, 3.8) is 0 Å². The Morgan fingerprint density at radius 3 is 2.21 bits per heavy atom. The summed E-state index contributed by atoms with van der Waals surface area (Å²) >= 11 is 5.92. The van der Waals surface area contributed by atoms with Crippen molar-refractivity contribution < 1.29 is 28.5 Å². The average Bonchev–Trinajstić information content (AvgIpc) is 2.95. The van der Waals surface area contributed by atoms with Gasteiger partial charge in [-0.15, -0.1) is 0 Å². The third-order valence-corrected chi connectivity index (χ3v) is 5.68. The summed E-state index contributed by atoms with van der Waals surface area (Å²) in [6.07, 6.45) is 2.92. The van der Waals surface area contributed by atoms with Crippen molar-refractivity contribution in [2.24, 2.45) is 0 Å². The minimum atomic E-state index is -0.563. The molecule has 6 nitrogen and oxygen atoms in total. The quantitative estimate of drug-likeness (QED) is 0.127. The third-order valence-electron chi connectivity index (χ3n) is 5.43. The van der Waals surface area contributed by atoms with Gasteiger partial charge in [0.2, 0.25) is 0 Å². The molecule has 0 aliphatic rings. The van der Waals surface area contributed by atoms with Crippen LogP contribution < -0.4 is 14.2 Å². The summed E-state index contributed by atoms with van der Waals surface area (Å²) < 4.78 is 21.9. The van der Waals surface area contributed by atoms with Crippen LogP contribution in [0, 0.1) is 0 Å². The van der Waals surface area contributed by atoms with Crippen LogP contribution in [0.5, 0.6) is 17.2 Å². The van der Waals surface area contributed by atoms with E-state index in [1.807, 2.05) is 42.5 Å². The average molecular weight is 529 g/mol. The lowest BCUT2D eigenvalue weighted by Gasteiger charge is -2.11. The highest BCUT2D eigenvalue weighted by atomic mass is 35.5. The van der Waals surface area contributed by atoms with Crippen molar-refractivity contribution >= 4 is 29.6 Å². The van der Waals surface area contributed by atoms with Gasteiger partial charge in [-0.3, -0.25) is 0 Å². The summed E-state index contributed by atoms with van der Waals surface area (Å²) in [6, 6.07) is 28.3. The van der Waals surface area contributed by atoms with E-state index in [2.05, 4.69) is 0 Å². The van der Waals surface area contributed by atoms with Crippen molar-refractivity contribution in [2.75, 3.05) is 7.11 Å². The Labute approximate surface area is 226 Å². The molecule has 4 rings (SSSR count). The van der Waals surface area contributed by atoms with Gasteiger partial charge in [0.1, 0.15) is 19.0 Å². The van der Waals surface area contributed by atoms with Crippen LogP contribution in [0.4, 0.5) is 0 Å². The summed E-state index contributed by atoms with van der Waals surface area (Å²) in [6.45, 7) is 0.542. The lowest BCUT2D eigenvalue weighted by Crippen LogP contribution is -2.06. The molecule has 0 atom stereocenters. The molecule has 0 radical (unpaired) electrons. The fraction of sp³-hybridized carbons (Fsp3) is 0.0968. The minimum Gasteiger partial charge on any atom is -0.493 e. The molecule has 0 aromatic heterocycles. The van der Waals surface area contributed by atoms with Crippen LogP contribution >= 0.6 is 11.6 Å². The van der Waals surface area contributed by atoms with Gasteiger partial charge in [0.15, 0.2) is 11.5 Å². The molecule has 0 unspecified atom stereocenters. The maximum Gasteiger partial charge on any atom is 0.338 e. The van der Waals surface area contributed by atoms with Crippen molar-refractivity contribution in [1.29, 1.82) is 0 Å². The lowest BCUT2D eigenvalue weighted by atomic mass is 10.2. The molecule has 0 saturated carbocycles. The van der Waals surface area contributed by atoms with Crippen LogP contribution in [0.2, 0.25) is 5.02 Å². The highest BCUT2D eigenvalue weighted by molar-refractivity contribution is 6.30. The number of ether oxygens (including phenoxy) is 4. The molecule has 192 valence electrons. The topological polar surface area (TPSA) is 71.1 Å². The smallest absolute Gasteiger partial charge is 0.338 e. The van der Waals surface area contributed by atoms with Gasteiger partial charge in [-0.1, -0.05) is 60.1 Å². The molecule has 0 heterocycles. The largest absolute Gasteiger partial charge is 0.493 e. The van der Waals surface area contributed by atoms with E-state index in [1.54, 1.807) is 67.8 Å².